The van der Waals surface area contributed by atoms with Crippen molar-refractivity contribution in [2.24, 2.45) is 17.2 Å². The summed E-state index contributed by atoms with van der Waals surface area (Å²) in [6.07, 6.45) is 2.26. The average Bonchev–Trinajstić information content (AvgIpc) is 2.15. The summed E-state index contributed by atoms with van der Waals surface area (Å²) < 4.78 is 0. The van der Waals surface area contributed by atoms with Crippen LogP contribution in [0.2, 0.25) is 0 Å². The largest absolute Gasteiger partial charge is 0.391 e. The summed E-state index contributed by atoms with van der Waals surface area (Å²) in [4.78, 5) is 139. The third kappa shape index (κ3) is 19.7. The summed E-state index contributed by atoms with van der Waals surface area (Å²) in [7, 11) is 2.34. The number of fused-ring (bicyclic) bond motifs is 2. The monoisotopic (exact) mass is 1280 g/mol. The molecule has 0 unspecified atom stereocenters. The number of aliphatic hydroxyl groups is 1. The van der Waals surface area contributed by atoms with Crippen molar-refractivity contribution in [2.45, 2.75) is 113 Å². The Bertz CT molecular complexity index is 3610. The standard InChI is InChI=1S/C66H79N13O10S2/c1-40(80)58-65(88)76-55(33-43-21-9-4-10-22-43)66(89)79(38-57(69)81)29-30-90-91-39-56(77-59(82)48(68)31-41-17-5-2-6-18-41)64(87)73-52(32-42-19-7-3-8-20-42)61(84)74-54(35-45-37-71-50-26-14-12-24-47(45)50)63(86)75-53(34-44-36-70-49-25-13-11-23-46(44)49)62(85)72-51(60(83)78-58)27-15-16-28-67/h2-14,17-26,36-37,40,48,51-56,58,70-71,80H,15-16,27-35,38-39,67-68H2,1H3,(H2,69,81)(H,72,85)(H,73,87)(H,74,84)(H,75,86)(H,76,88)(H,77,82)(H,78,83)/t40-,48-,51+,52+,53-,54+,55+,56+,58+/m1/s1. The number of carbonyl (C=O) groups excluding carboxylic acids is 9. The Kier molecular flexibility index (Phi) is 25.2. The predicted octanol–water partition coefficient (Wildman–Crippen LogP) is 2.10. The molecule has 2 aromatic heterocycles. The summed E-state index contributed by atoms with van der Waals surface area (Å²) in [5, 5.41) is 32.4. The topological polar surface area (TPSA) is 371 Å². The van der Waals surface area contributed by atoms with E-state index in [-0.39, 0.29) is 63.1 Å². The van der Waals surface area contributed by atoms with Crippen LogP contribution in [0.3, 0.4) is 0 Å². The number of benzene rings is 5. The maximum absolute atomic E-state index is 15.4. The van der Waals surface area contributed by atoms with Gasteiger partial charge in [0.05, 0.1) is 18.7 Å². The maximum Gasteiger partial charge on any atom is 0.245 e. The third-order valence-corrected chi connectivity index (χ3v) is 18.0. The lowest BCUT2D eigenvalue weighted by atomic mass is 10.00. The van der Waals surface area contributed by atoms with E-state index < -0.39 is 114 Å². The zero-order valence-corrected chi connectivity index (χ0v) is 52.1. The van der Waals surface area contributed by atoms with Crippen LogP contribution in [0.1, 0.15) is 54.0 Å². The van der Waals surface area contributed by atoms with Crippen molar-refractivity contribution in [1.82, 2.24) is 52.1 Å². The Labute approximate surface area is 535 Å². The minimum Gasteiger partial charge on any atom is -0.391 e. The molecule has 1 aliphatic heterocycles. The minimum atomic E-state index is -1.71. The van der Waals surface area contributed by atoms with E-state index in [4.69, 9.17) is 17.2 Å². The zero-order chi connectivity index (χ0) is 64.8. The molecule has 9 amide bonds. The lowest BCUT2D eigenvalue weighted by Gasteiger charge is -2.30. The fourth-order valence-corrected chi connectivity index (χ4v) is 12.9. The first-order chi connectivity index (χ1) is 43.9. The van der Waals surface area contributed by atoms with E-state index in [1.54, 1.807) is 73.1 Å². The fraction of sp³-hybridized carbons (Fsp3) is 0.348. The van der Waals surface area contributed by atoms with Gasteiger partial charge in [-0.15, -0.1) is 0 Å². The van der Waals surface area contributed by atoms with E-state index in [2.05, 4.69) is 47.2 Å². The van der Waals surface area contributed by atoms with Crippen molar-refractivity contribution in [2.75, 3.05) is 31.1 Å². The van der Waals surface area contributed by atoms with E-state index in [1.807, 2.05) is 78.9 Å². The number of unbranched alkanes of at least 4 members (excludes halogenated alkanes) is 1. The number of aromatic amines is 2. The highest BCUT2D eigenvalue weighted by molar-refractivity contribution is 8.76. The number of amides is 9. The van der Waals surface area contributed by atoms with E-state index in [9.17, 15) is 33.9 Å². The van der Waals surface area contributed by atoms with Crippen LogP contribution in [0, 0.1) is 0 Å². The molecule has 1 fully saturated rings. The zero-order valence-electron chi connectivity index (χ0n) is 50.4. The van der Waals surface area contributed by atoms with Crippen molar-refractivity contribution >= 4 is 96.6 Å². The first-order valence-corrected chi connectivity index (χ1v) is 32.7. The van der Waals surface area contributed by atoms with Crippen LogP contribution in [-0.2, 0) is 75.3 Å². The van der Waals surface area contributed by atoms with E-state index >= 15 is 14.4 Å². The quantitative estimate of drug-likeness (QED) is 0.0408. The van der Waals surface area contributed by atoms with E-state index in [1.165, 1.54) is 22.6 Å². The van der Waals surface area contributed by atoms with Crippen molar-refractivity contribution in [3.63, 3.8) is 0 Å². The molecule has 7 aromatic rings. The molecule has 0 saturated carbocycles. The summed E-state index contributed by atoms with van der Waals surface area (Å²) in [5.41, 5.74) is 22.9. The SMILES string of the molecule is C[C@@H](O)[C@@H]1NC(=O)[C@H](CCCCN)NC(=O)[C@@H](Cc2c[nH]c3ccccc23)NC(=O)[C@H](Cc2c[nH]c3ccccc23)NC(=O)[C@H](Cc2ccccc2)NC(=O)[C@@H](NC(=O)[C@H](N)Cc2ccccc2)CSSCCN(CC(N)=O)C(=O)[C@H](Cc2ccccc2)NC1=O. The number of hydrogen-bond donors (Lipinski definition) is 13. The molecule has 16 N–H and O–H groups in total. The van der Waals surface area contributed by atoms with Crippen LogP contribution in [0.5, 0.6) is 0 Å². The highest BCUT2D eigenvalue weighted by atomic mass is 33.1. The second kappa shape index (κ2) is 33.7. The van der Waals surface area contributed by atoms with Gasteiger partial charge in [0.2, 0.25) is 53.2 Å². The number of primary amides is 1. The molecule has 1 aliphatic rings. The van der Waals surface area contributed by atoms with Crippen LogP contribution in [0.15, 0.2) is 152 Å². The summed E-state index contributed by atoms with van der Waals surface area (Å²) in [6, 6.07) is 30.2. The Morgan fingerprint density at radius 1 is 0.571 bits per heavy atom. The van der Waals surface area contributed by atoms with Crippen LogP contribution in [0.4, 0.5) is 0 Å². The van der Waals surface area contributed by atoms with Gasteiger partial charge in [-0.3, -0.25) is 43.2 Å². The van der Waals surface area contributed by atoms with Crippen LogP contribution >= 0.6 is 21.6 Å². The number of aliphatic hydroxyl groups excluding tert-OH is 1. The van der Waals surface area contributed by atoms with Crippen molar-refractivity contribution in [3.05, 3.63) is 180 Å². The van der Waals surface area contributed by atoms with Crippen LogP contribution < -0.4 is 54.4 Å². The average molecular weight is 1280 g/mol. The predicted molar refractivity (Wildman–Crippen MR) is 351 cm³/mol. The number of aromatic nitrogens is 2. The molecule has 0 spiro atoms. The van der Waals surface area contributed by atoms with Gasteiger partial charge in [-0.05, 0) is 79.1 Å². The molecule has 0 aliphatic carbocycles. The molecule has 5 aromatic carbocycles. The Hall–Kier alpha value is -9.01. The number of carbonyl (C=O) groups is 9. The smallest absolute Gasteiger partial charge is 0.245 e. The lowest BCUT2D eigenvalue weighted by Crippen LogP contribution is -2.62. The first-order valence-electron chi connectivity index (χ1n) is 30.2. The molecule has 0 radical (unpaired) electrons. The number of nitrogens with two attached hydrogens (primary N) is 3. The fourth-order valence-electron chi connectivity index (χ4n) is 10.8. The molecule has 3 heterocycles. The van der Waals surface area contributed by atoms with Crippen LogP contribution in [-0.4, -0.2) is 159 Å². The van der Waals surface area contributed by atoms with Crippen molar-refractivity contribution in [1.29, 1.82) is 0 Å². The highest BCUT2D eigenvalue weighted by Gasteiger charge is 2.37. The number of hydrogen-bond acceptors (Lipinski definition) is 14. The number of para-hydroxylation sites is 2. The maximum atomic E-state index is 15.4. The number of nitrogens with zero attached hydrogens (tertiary/aromatic N) is 1. The van der Waals surface area contributed by atoms with Gasteiger partial charge in [0.15, 0.2) is 0 Å². The Morgan fingerprint density at radius 2 is 1.03 bits per heavy atom. The third-order valence-electron chi connectivity index (χ3n) is 15.6. The summed E-state index contributed by atoms with van der Waals surface area (Å²) in [5.74, 6) is -7.28. The molecule has 0 bridgehead atoms. The molecule has 9 atom stereocenters. The number of rotatable bonds is 19. The minimum absolute atomic E-state index is 0.0109. The van der Waals surface area contributed by atoms with Crippen molar-refractivity contribution in [3.8, 4) is 0 Å². The first kappa shape index (κ1) is 67.9. The van der Waals surface area contributed by atoms with Gasteiger partial charge >= 0.3 is 0 Å². The molecule has 23 nitrogen and oxygen atoms in total. The van der Waals surface area contributed by atoms with Gasteiger partial charge in [-0.2, -0.15) is 0 Å². The van der Waals surface area contributed by atoms with Gasteiger partial charge in [0, 0.05) is 77.9 Å². The lowest BCUT2D eigenvalue weighted by molar-refractivity contribution is -0.140. The second-order valence-electron chi connectivity index (χ2n) is 22.5. The molecule has 91 heavy (non-hydrogen) atoms. The van der Waals surface area contributed by atoms with Gasteiger partial charge < -0.3 is 74.4 Å². The van der Waals surface area contributed by atoms with Crippen LogP contribution in [0.25, 0.3) is 21.8 Å². The van der Waals surface area contributed by atoms with Gasteiger partial charge in [-0.25, -0.2) is 0 Å². The Morgan fingerprint density at radius 3 is 1.56 bits per heavy atom. The molecule has 480 valence electrons. The number of H-pyrrole nitrogens is 2. The van der Waals surface area contributed by atoms with Gasteiger partial charge in [0.25, 0.3) is 0 Å². The van der Waals surface area contributed by atoms with E-state index in [0.29, 0.717) is 35.1 Å². The van der Waals surface area contributed by atoms with Gasteiger partial charge in [-0.1, -0.05) is 149 Å². The molecular weight excluding hydrogens is 1200 g/mol. The molecular formula is C66H79N13O10S2. The molecule has 8 rings (SSSR count). The molecule has 25 heteroatoms. The summed E-state index contributed by atoms with van der Waals surface area (Å²) in [6.45, 7) is 0.832. The number of nitrogens with one attached hydrogen (secondary N) is 9. The Balaban J connectivity index is 1.20. The van der Waals surface area contributed by atoms with E-state index in [0.717, 1.165) is 38.2 Å². The second-order valence-corrected chi connectivity index (χ2v) is 25.1. The van der Waals surface area contributed by atoms with Gasteiger partial charge in [0.1, 0.15) is 42.3 Å². The summed E-state index contributed by atoms with van der Waals surface area (Å²) >= 11 is 0. The molecule has 1 saturated heterocycles. The normalized spacial score (nSPS) is 21.3. The highest BCUT2D eigenvalue weighted by Crippen LogP contribution is 2.25. The van der Waals surface area contributed by atoms with Crippen molar-refractivity contribution < 1.29 is 48.3 Å².